The molecule has 1 fully saturated rings. The quantitative estimate of drug-likeness (QED) is 0.847. The minimum atomic E-state index is -4.16. The number of nitrogens with two attached hydrogens (primary N) is 1. The van der Waals surface area contributed by atoms with Gasteiger partial charge in [0.15, 0.2) is 0 Å². The third-order valence-electron chi connectivity index (χ3n) is 3.45. The first-order valence-corrected chi connectivity index (χ1v) is 6.87. The molecule has 0 bridgehead atoms. The second-order valence-corrected chi connectivity index (χ2v) is 5.70. The third kappa shape index (κ3) is 4.18. The highest BCUT2D eigenvalue weighted by atomic mass is 32.1. The summed E-state index contributed by atoms with van der Waals surface area (Å²) in [5.74, 6) is 0. The minimum absolute atomic E-state index is 0.0614. The molecule has 0 atom stereocenters. The molecule has 6 heteroatoms. The lowest BCUT2D eigenvalue weighted by Gasteiger charge is -2.24. The number of aryl methyl sites for hydroxylation is 1. The molecule has 110 valence electrons. The van der Waals surface area contributed by atoms with Gasteiger partial charge in [0.2, 0.25) is 0 Å². The van der Waals surface area contributed by atoms with Crippen molar-refractivity contribution >= 4 is 17.2 Å². The first-order valence-electron chi connectivity index (χ1n) is 6.46. The molecule has 2 rings (SSSR count). The zero-order valence-corrected chi connectivity index (χ0v) is 12.0. The van der Waals surface area contributed by atoms with Gasteiger partial charge in [-0.2, -0.15) is 13.2 Å². The molecule has 0 unspecified atom stereocenters. The van der Waals surface area contributed by atoms with Gasteiger partial charge in [0.25, 0.3) is 0 Å². The summed E-state index contributed by atoms with van der Waals surface area (Å²) in [5, 5.41) is 0. The maximum Gasteiger partial charge on any atom is 0.401 e. The molecular weight excluding hydrogens is 285 g/mol. The summed E-state index contributed by atoms with van der Waals surface area (Å²) in [5.41, 5.74) is 8.10. The van der Waals surface area contributed by atoms with Crippen LogP contribution in [0.1, 0.15) is 29.5 Å². The van der Waals surface area contributed by atoms with Crippen molar-refractivity contribution in [2.45, 2.75) is 38.5 Å². The van der Waals surface area contributed by atoms with Crippen LogP contribution in [0.4, 0.5) is 13.2 Å². The Morgan fingerprint density at radius 3 is 2.50 bits per heavy atom. The number of benzene rings is 1. The van der Waals surface area contributed by atoms with Crippen molar-refractivity contribution in [1.29, 1.82) is 0 Å². The van der Waals surface area contributed by atoms with Gasteiger partial charge in [-0.05, 0) is 37.0 Å². The molecule has 2 nitrogen and oxygen atoms in total. The molecule has 0 aliphatic heterocycles. The van der Waals surface area contributed by atoms with Crippen LogP contribution in [0.2, 0.25) is 0 Å². The van der Waals surface area contributed by atoms with E-state index in [9.17, 15) is 13.2 Å². The fraction of sp³-hybridized carbons (Fsp3) is 0.500. The van der Waals surface area contributed by atoms with Crippen LogP contribution >= 0.6 is 12.2 Å². The number of hydrogen-bond acceptors (Lipinski definition) is 2. The average molecular weight is 302 g/mol. The summed E-state index contributed by atoms with van der Waals surface area (Å²) in [6.45, 7) is 1.33. The van der Waals surface area contributed by atoms with Crippen LogP contribution in [0, 0.1) is 6.92 Å². The lowest BCUT2D eigenvalue weighted by molar-refractivity contribution is -0.148. The zero-order valence-electron chi connectivity index (χ0n) is 11.2. The molecule has 0 amide bonds. The van der Waals surface area contributed by atoms with Gasteiger partial charge in [-0.1, -0.05) is 24.4 Å². The Labute approximate surface area is 121 Å². The molecule has 0 radical (unpaired) electrons. The molecule has 20 heavy (non-hydrogen) atoms. The molecule has 1 aliphatic carbocycles. The van der Waals surface area contributed by atoms with Gasteiger partial charge >= 0.3 is 6.18 Å². The first-order chi connectivity index (χ1) is 9.26. The van der Waals surface area contributed by atoms with E-state index < -0.39 is 12.7 Å². The van der Waals surface area contributed by atoms with E-state index in [0.717, 1.165) is 29.5 Å². The topological polar surface area (TPSA) is 29.3 Å². The van der Waals surface area contributed by atoms with Crippen LogP contribution in [0.3, 0.4) is 0 Å². The Balaban J connectivity index is 2.12. The summed E-state index contributed by atoms with van der Waals surface area (Å²) in [6.07, 6.45) is -2.46. The van der Waals surface area contributed by atoms with Crippen LogP contribution < -0.4 is 5.73 Å². The highest BCUT2D eigenvalue weighted by Crippen LogP contribution is 2.31. The summed E-state index contributed by atoms with van der Waals surface area (Å²) in [7, 11) is 0. The number of thiocarbonyl (C=S) groups is 1. The maximum atomic E-state index is 12.6. The van der Waals surface area contributed by atoms with E-state index in [1.165, 1.54) is 4.90 Å². The minimum Gasteiger partial charge on any atom is -0.389 e. The molecule has 0 heterocycles. The largest absolute Gasteiger partial charge is 0.401 e. The van der Waals surface area contributed by atoms with Gasteiger partial charge in [-0.25, -0.2) is 0 Å². The van der Waals surface area contributed by atoms with E-state index in [1.807, 2.05) is 19.1 Å². The Bertz CT molecular complexity index is 510. The van der Waals surface area contributed by atoms with Crippen molar-refractivity contribution in [3.63, 3.8) is 0 Å². The van der Waals surface area contributed by atoms with Crippen LogP contribution in [0.5, 0.6) is 0 Å². The van der Waals surface area contributed by atoms with Gasteiger partial charge in [0.1, 0.15) is 4.99 Å². The Kier molecular flexibility index (Phi) is 4.34. The molecular formula is C14H17F3N2S. The van der Waals surface area contributed by atoms with E-state index in [-0.39, 0.29) is 6.04 Å². The highest BCUT2D eigenvalue weighted by Gasteiger charge is 2.38. The van der Waals surface area contributed by atoms with Crippen molar-refractivity contribution in [3.8, 4) is 0 Å². The molecule has 2 N–H and O–H groups in total. The van der Waals surface area contributed by atoms with E-state index >= 15 is 0 Å². The number of nitrogens with zero attached hydrogens (tertiary/aromatic N) is 1. The lowest BCUT2D eigenvalue weighted by Crippen LogP contribution is -2.35. The highest BCUT2D eigenvalue weighted by molar-refractivity contribution is 7.80. The predicted molar refractivity (Wildman–Crippen MR) is 76.6 cm³/mol. The SMILES string of the molecule is Cc1cc(C(N)=S)ccc1CN(CC(F)(F)F)C1CC1. The van der Waals surface area contributed by atoms with Crippen LogP contribution in [0.25, 0.3) is 0 Å². The van der Waals surface area contributed by atoms with Crippen molar-refractivity contribution < 1.29 is 13.2 Å². The molecule has 0 spiro atoms. The summed E-state index contributed by atoms with van der Waals surface area (Å²) in [4.78, 5) is 1.80. The average Bonchev–Trinajstić information content (AvgIpc) is 3.12. The molecule has 0 saturated heterocycles. The first kappa shape index (κ1) is 15.3. The molecule has 1 saturated carbocycles. The van der Waals surface area contributed by atoms with Gasteiger partial charge in [0.05, 0.1) is 6.54 Å². The smallest absolute Gasteiger partial charge is 0.389 e. The van der Waals surface area contributed by atoms with E-state index in [4.69, 9.17) is 18.0 Å². The van der Waals surface area contributed by atoms with Crippen LogP contribution in [-0.2, 0) is 6.54 Å². The van der Waals surface area contributed by atoms with E-state index in [1.54, 1.807) is 6.07 Å². The fourth-order valence-corrected chi connectivity index (χ4v) is 2.36. The summed E-state index contributed by atoms with van der Waals surface area (Å²) >= 11 is 4.89. The van der Waals surface area contributed by atoms with Gasteiger partial charge in [-0.3, -0.25) is 4.90 Å². The number of hydrogen-bond donors (Lipinski definition) is 1. The van der Waals surface area contributed by atoms with Crippen molar-refractivity contribution in [2.75, 3.05) is 6.54 Å². The van der Waals surface area contributed by atoms with Gasteiger partial charge in [0, 0.05) is 18.2 Å². The molecule has 0 aromatic heterocycles. The fourth-order valence-electron chi connectivity index (χ4n) is 2.23. The lowest BCUT2D eigenvalue weighted by atomic mass is 10.0. The number of halogens is 3. The van der Waals surface area contributed by atoms with Gasteiger partial charge < -0.3 is 5.73 Å². The van der Waals surface area contributed by atoms with E-state index in [0.29, 0.717) is 11.5 Å². The Morgan fingerprint density at radius 1 is 1.40 bits per heavy atom. The predicted octanol–water partition coefficient (Wildman–Crippen LogP) is 3.16. The normalized spacial score (nSPS) is 15.7. The van der Waals surface area contributed by atoms with Gasteiger partial charge in [-0.15, -0.1) is 0 Å². The maximum absolute atomic E-state index is 12.6. The second-order valence-electron chi connectivity index (χ2n) is 5.26. The standard InChI is InChI=1S/C14H17F3N2S/c1-9-6-10(13(18)20)2-3-11(9)7-19(12-4-5-12)8-14(15,16)17/h2-3,6,12H,4-5,7-8H2,1H3,(H2,18,20). The van der Waals surface area contributed by atoms with Crippen LogP contribution in [-0.4, -0.2) is 28.7 Å². The Morgan fingerprint density at radius 2 is 2.05 bits per heavy atom. The van der Waals surface area contributed by atoms with Crippen molar-refractivity contribution in [1.82, 2.24) is 4.90 Å². The van der Waals surface area contributed by atoms with E-state index in [2.05, 4.69) is 0 Å². The van der Waals surface area contributed by atoms with Crippen molar-refractivity contribution in [2.24, 2.45) is 5.73 Å². The second kappa shape index (κ2) is 5.69. The molecule has 1 aromatic carbocycles. The third-order valence-corrected chi connectivity index (χ3v) is 3.68. The Hall–Kier alpha value is -1.14. The monoisotopic (exact) mass is 302 g/mol. The summed E-state index contributed by atoms with van der Waals surface area (Å²) in [6, 6.07) is 5.47. The molecule has 1 aliphatic rings. The number of alkyl halides is 3. The zero-order chi connectivity index (χ0) is 14.9. The summed E-state index contributed by atoms with van der Waals surface area (Å²) < 4.78 is 37.8. The molecule has 1 aromatic rings. The van der Waals surface area contributed by atoms with Crippen molar-refractivity contribution in [3.05, 3.63) is 34.9 Å². The van der Waals surface area contributed by atoms with Crippen LogP contribution in [0.15, 0.2) is 18.2 Å². The number of rotatable bonds is 5.